The summed E-state index contributed by atoms with van der Waals surface area (Å²) in [5.74, 6) is -2.27. The van der Waals surface area contributed by atoms with Crippen molar-refractivity contribution in [1.29, 1.82) is 5.26 Å². The molecular weight excluding hydrogens is 596 g/mol. The van der Waals surface area contributed by atoms with Crippen LogP contribution in [0.1, 0.15) is 24.3 Å². The Hall–Kier alpha value is -4.64. The highest BCUT2D eigenvalue weighted by molar-refractivity contribution is 6.32. The van der Waals surface area contributed by atoms with Crippen LogP contribution in [0.5, 0.6) is 11.5 Å². The predicted octanol–water partition coefficient (Wildman–Crippen LogP) is 3.47. The van der Waals surface area contributed by atoms with Crippen LogP contribution in [0.3, 0.4) is 0 Å². The molecule has 2 N–H and O–H groups in total. The molecule has 1 aliphatic heterocycles. The minimum absolute atomic E-state index is 0.0407. The van der Waals surface area contributed by atoms with E-state index in [1.807, 2.05) is 6.07 Å². The molecule has 234 valence electrons. The van der Waals surface area contributed by atoms with Crippen molar-refractivity contribution in [3.63, 3.8) is 0 Å². The first-order chi connectivity index (χ1) is 21.1. The highest BCUT2D eigenvalue weighted by atomic mass is 35.5. The van der Waals surface area contributed by atoms with Crippen LogP contribution < -0.4 is 14.8 Å². The zero-order valence-corrected chi connectivity index (χ0v) is 25.2. The van der Waals surface area contributed by atoms with Crippen molar-refractivity contribution in [3.05, 3.63) is 86.2 Å². The molecule has 0 amide bonds. The van der Waals surface area contributed by atoms with Gasteiger partial charge in [0.25, 0.3) is 5.69 Å². The molecule has 0 saturated heterocycles. The topological polar surface area (TPSA) is 173 Å². The number of hydrogen-bond acceptors (Lipinski definition) is 12. The monoisotopic (exact) mass is 628 g/mol. The van der Waals surface area contributed by atoms with Crippen molar-refractivity contribution < 1.29 is 38.6 Å². The zero-order chi connectivity index (χ0) is 32.2. The van der Waals surface area contributed by atoms with Crippen LogP contribution in [-0.2, 0) is 19.1 Å². The number of halogens is 1. The highest BCUT2D eigenvalue weighted by Gasteiger charge is 2.40. The molecule has 13 nitrogen and oxygen atoms in total. The summed E-state index contributed by atoms with van der Waals surface area (Å²) in [7, 11) is 3.76. The molecule has 0 saturated carbocycles. The fourth-order valence-electron chi connectivity index (χ4n) is 4.52. The third-order valence-corrected chi connectivity index (χ3v) is 6.95. The smallest absolute Gasteiger partial charge is 0.337 e. The van der Waals surface area contributed by atoms with Gasteiger partial charge in [-0.1, -0.05) is 23.7 Å². The summed E-state index contributed by atoms with van der Waals surface area (Å²) < 4.78 is 21.4. The number of methoxy groups -OCH3 is 2. The van der Waals surface area contributed by atoms with Gasteiger partial charge in [-0.15, -0.1) is 0 Å². The van der Waals surface area contributed by atoms with Gasteiger partial charge in [-0.05, 0) is 37.6 Å². The lowest BCUT2D eigenvalue weighted by Gasteiger charge is -2.31. The molecule has 0 fully saturated rings. The average Bonchev–Trinajstić information content (AvgIpc) is 3.02. The Bertz CT molecular complexity index is 1470. The summed E-state index contributed by atoms with van der Waals surface area (Å²) in [5, 5.41) is 35.3. The maximum atomic E-state index is 12.9. The first kappa shape index (κ1) is 33.9. The molecule has 3 rings (SSSR count). The van der Waals surface area contributed by atoms with E-state index in [0.29, 0.717) is 36.7 Å². The Balaban J connectivity index is 1.70. The van der Waals surface area contributed by atoms with Crippen LogP contribution in [0.25, 0.3) is 0 Å². The predicted molar refractivity (Wildman–Crippen MR) is 159 cm³/mol. The molecule has 2 aromatic rings. The van der Waals surface area contributed by atoms with E-state index in [2.05, 4.69) is 5.32 Å². The van der Waals surface area contributed by atoms with Crippen molar-refractivity contribution in [2.24, 2.45) is 0 Å². The summed E-state index contributed by atoms with van der Waals surface area (Å²) in [4.78, 5) is 38.1. The lowest BCUT2D eigenvalue weighted by Crippen LogP contribution is -2.32. The number of carbonyl (C=O) groups excluding carboxylic acids is 2. The second-order valence-corrected chi connectivity index (χ2v) is 10.0. The summed E-state index contributed by atoms with van der Waals surface area (Å²) in [5.41, 5.74) is -0.512. The Kier molecular flexibility index (Phi) is 12.5. The van der Waals surface area contributed by atoms with E-state index in [-0.39, 0.29) is 47.1 Å². The summed E-state index contributed by atoms with van der Waals surface area (Å²) in [6.45, 7) is 1.11. The number of rotatable bonds is 15. The van der Waals surface area contributed by atoms with Gasteiger partial charge in [-0.25, -0.2) is 9.59 Å². The van der Waals surface area contributed by atoms with Crippen LogP contribution in [-0.4, -0.2) is 80.5 Å². The van der Waals surface area contributed by atoms with Crippen molar-refractivity contribution >= 4 is 29.2 Å². The van der Waals surface area contributed by atoms with E-state index in [1.54, 1.807) is 24.3 Å². The van der Waals surface area contributed by atoms with Gasteiger partial charge >= 0.3 is 11.9 Å². The number of para-hydroxylation sites is 1. The van der Waals surface area contributed by atoms with E-state index in [4.69, 9.17) is 30.5 Å². The lowest BCUT2D eigenvalue weighted by atomic mass is 9.81. The lowest BCUT2D eigenvalue weighted by molar-refractivity contribution is -0.384. The van der Waals surface area contributed by atoms with Crippen molar-refractivity contribution in [2.45, 2.75) is 24.9 Å². The van der Waals surface area contributed by atoms with Crippen molar-refractivity contribution in [3.8, 4) is 17.6 Å². The normalized spacial score (nSPS) is 15.1. The highest BCUT2D eigenvalue weighted by Crippen LogP contribution is 2.44. The number of nitriles is 1. The number of nitrogens with one attached hydrogen (secondary N) is 1. The quantitative estimate of drug-likeness (QED) is 0.127. The van der Waals surface area contributed by atoms with Gasteiger partial charge in [0.15, 0.2) is 0 Å². The molecule has 44 heavy (non-hydrogen) atoms. The SMILES string of the molecule is COC(=O)C1=CN(C)C(C#N)=C(C(=O)OC)C1c1cc([N+](=O)[O-])ccc1OCCCCNCC(O)COc1ccccc1Cl. The molecule has 2 atom stereocenters. The number of nitro benzene ring substituents is 1. The van der Waals surface area contributed by atoms with E-state index in [0.717, 1.165) is 14.2 Å². The minimum Gasteiger partial charge on any atom is -0.493 e. The summed E-state index contributed by atoms with van der Waals surface area (Å²) in [6, 6.07) is 12.8. The molecule has 0 radical (unpaired) electrons. The maximum absolute atomic E-state index is 12.9. The average molecular weight is 629 g/mol. The fraction of sp³-hybridized carbons (Fsp3) is 0.367. The van der Waals surface area contributed by atoms with Gasteiger partial charge in [0.05, 0.1) is 47.8 Å². The first-order valence-corrected chi connectivity index (χ1v) is 13.9. The third kappa shape index (κ3) is 8.47. The standard InChI is InChI=1S/C30H33ClN4O9/c1-34-17-22(29(37)41-2)27(28(24(34)15-32)30(38)42-3)21-14-19(35(39)40)10-11-25(21)43-13-7-6-12-33-16-20(36)18-44-26-9-5-4-8-23(26)31/h4-5,8-11,14,17,20,27,33,36H,6-7,12-13,16,18H2,1-3H3. The second kappa shape index (κ2) is 16.3. The number of ether oxygens (including phenoxy) is 4. The van der Waals surface area contributed by atoms with Crippen LogP contribution in [0, 0.1) is 21.4 Å². The Labute approximate surface area is 259 Å². The van der Waals surface area contributed by atoms with Gasteiger partial charge in [-0.2, -0.15) is 5.26 Å². The Morgan fingerprint density at radius 2 is 1.86 bits per heavy atom. The number of esters is 2. The fourth-order valence-corrected chi connectivity index (χ4v) is 4.71. The number of non-ortho nitro benzene ring substituents is 1. The molecule has 2 aromatic carbocycles. The van der Waals surface area contributed by atoms with E-state index in [9.17, 15) is 30.1 Å². The largest absolute Gasteiger partial charge is 0.493 e. The zero-order valence-electron chi connectivity index (χ0n) is 24.4. The van der Waals surface area contributed by atoms with Gasteiger partial charge in [-0.3, -0.25) is 10.1 Å². The number of nitrogens with zero attached hydrogens (tertiary/aromatic N) is 3. The van der Waals surface area contributed by atoms with E-state index in [1.165, 1.54) is 36.3 Å². The number of carbonyl (C=O) groups is 2. The molecule has 0 aromatic heterocycles. The second-order valence-electron chi connectivity index (χ2n) is 9.62. The number of benzene rings is 2. The molecule has 1 aliphatic rings. The molecular formula is C30H33ClN4O9. The summed E-state index contributed by atoms with van der Waals surface area (Å²) >= 11 is 6.05. The molecule has 2 unspecified atom stereocenters. The van der Waals surface area contributed by atoms with Gasteiger partial charge in [0.1, 0.15) is 36.0 Å². The molecule has 0 aliphatic carbocycles. The minimum atomic E-state index is -1.24. The van der Waals surface area contributed by atoms with E-state index < -0.39 is 28.9 Å². The van der Waals surface area contributed by atoms with Gasteiger partial charge < -0.3 is 34.3 Å². The number of allylic oxidation sites excluding steroid dienone is 1. The summed E-state index contributed by atoms with van der Waals surface area (Å²) in [6.07, 6.45) is 1.80. The number of nitro groups is 1. The Morgan fingerprint density at radius 1 is 1.14 bits per heavy atom. The maximum Gasteiger partial charge on any atom is 0.337 e. The number of aliphatic hydroxyl groups excluding tert-OH is 1. The first-order valence-electron chi connectivity index (χ1n) is 13.6. The molecule has 14 heteroatoms. The van der Waals surface area contributed by atoms with Gasteiger partial charge in [0.2, 0.25) is 0 Å². The van der Waals surface area contributed by atoms with Gasteiger partial charge in [0, 0.05) is 37.5 Å². The van der Waals surface area contributed by atoms with Crippen LogP contribution in [0.15, 0.2) is 65.5 Å². The van der Waals surface area contributed by atoms with Crippen molar-refractivity contribution in [2.75, 3.05) is 47.6 Å². The van der Waals surface area contributed by atoms with Crippen LogP contribution >= 0.6 is 11.6 Å². The van der Waals surface area contributed by atoms with Crippen LogP contribution in [0.2, 0.25) is 5.02 Å². The number of unbranched alkanes of at least 4 members (excludes halogenated alkanes) is 1. The molecule has 0 bridgehead atoms. The number of aliphatic hydroxyl groups is 1. The van der Waals surface area contributed by atoms with E-state index >= 15 is 0 Å². The molecule has 1 heterocycles. The third-order valence-electron chi connectivity index (χ3n) is 6.64. The van der Waals surface area contributed by atoms with Crippen LogP contribution in [0.4, 0.5) is 5.69 Å². The number of hydrogen-bond donors (Lipinski definition) is 2. The molecule has 0 spiro atoms. The Morgan fingerprint density at radius 3 is 2.52 bits per heavy atom. The van der Waals surface area contributed by atoms with Crippen molar-refractivity contribution in [1.82, 2.24) is 10.2 Å².